The second-order valence-corrected chi connectivity index (χ2v) is 8.33. The van der Waals surface area contributed by atoms with Crippen LogP contribution in [0.25, 0.3) is 0 Å². The van der Waals surface area contributed by atoms with Crippen LogP contribution in [0.15, 0.2) is 18.2 Å². The fraction of sp³-hybridized carbons (Fsp3) is 0.625. The van der Waals surface area contributed by atoms with Gasteiger partial charge < -0.3 is 13.5 Å². The van der Waals surface area contributed by atoms with Crippen molar-refractivity contribution >= 4 is 7.60 Å². The third-order valence-corrected chi connectivity index (χ3v) is 5.94. The van der Waals surface area contributed by atoms with Crippen molar-refractivity contribution in [2.75, 3.05) is 33.9 Å². The number of quaternary nitrogens is 1. The molecule has 0 radical (unpaired) electrons. The van der Waals surface area contributed by atoms with Gasteiger partial charge in [-0.2, -0.15) is 0 Å². The van der Waals surface area contributed by atoms with Gasteiger partial charge in [0.05, 0.1) is 40.0 Å². The summed E-state index contributed by atoms with van der Waals surface area (Å²) in [5.41, 5.74) is 3.83. The van der Waals surface area contributed by atoms with Crippen molar-refractivity contribution < 1.29 is 18.1 Å². The Bertz CT molecular complexity index is 532. The van der Waals surface area contributed by atoms with Gasteiger partial charge >= 0.3 is 7.60 Å². The summed E-state index contributed by atoms with van der Waals surface area (Å²) in [5, 5.41) is 0. The summed E-state index contributed by atoms with van der Waals surface area (Å²) >= 11 is 0. The van der Waals surface area contributed by atoms with Crippen LogP contribution in [-0.2, 0) is 32.7 Å². The maximum Gasteiger partial charge on any atom is 0.335 e. The lowest BCUT2D eigenvalue weighted by atomic mass is 9.97. The van der Waals surface area contributed by atoms with Gasteiger partial charge in [-0.1, -0.05) is 18.2 Å². The smallest absolute Gasteiger partial charge is 0.324 e. The molecule has 0 atom stereocenters. The van der Waals surface area contributed by atoms with Gasteiger partial charge in [-0.05, 0) is 25.0 Å². The van der Waals surface area contributed by atoms with E-state index in [0.29, 0.717) is 19.4 Å². The molecule has 0 amide bonds. The second-order valence-electron chi connectivity index (χ2n) is 6.28. The average Bonchev–Trinajstić information content (AvgIpc) is 2.38. The summed E-state index contributed by atoms with van der Waals surface area (Å²) in [6.45, 7) is 6.72. The molecule has 0 fully saturated rings. The van der Waals surface area contributed by atoms with Crippen LogP contribution in [0.3, 0.4) is 0 Å². The van der Waals surface area contributed by atoms with Crippen molar-refractivity contribution in [3.63, 3.8) is 0 Å². The van der Waals surface area contributed by atoms with Crippen molar-refractivity contribution in [1.29, 1.82) is 0 Å². The maximum atomic E-state index is 12.6. The van der Waals surface area contributed by atoms with E-state index in [1.54, 1.807) is 0 Å². The zero-order valence-corrected chi connectivity index (χ0v) is 14.5. The van der Waals surface area contributed by atoms with Crippen LogP contribution in [-0.4, -0.2) is 38.3 Å². The summed E-state index contributed by atoms with van der Waals surface area (Å²) in [5.74, 6) is 0. The third kappa shape index (κ3) is 4.40. The monoisotopic (exact) mass is 312 g/mol. The second kappa shape index (κ2) is 6.62. The van der Waals surface area contributed by atoms with Gasteiger partial charge in [-0.3, -0.25) is 4.57 Å². The first kappa shape index (κ1) is 16.7. The fourth-order valence-corrected chi connectivity index (χ4v) is 4.56. The maximum absolute atomic E-state index is 12.6. The van der Waals surface area contributed by atoms with E-state index < -0.39 is 7.60 Å². The number of likely N-dealkylation sites (N-methyl/N-ethyl adjacent to an activating group) is 1. The third-order valence-electron chi connectivity index (χ3n) is 3.88. The van der Waals surface area contributed by atoms with E-state index in [-0.39, 0.29) is 0 Å². The highest BCUT2D eigenvalue weighted by molar-refractivity contribution is 7.53. The number of nitrogens with zero attached hydrogens (tertiary/aromatic N) is 1. The van der Waals surface area contributed by atoms with E-state index in [9.17, 15) is 4.57 Å². The molecule has 0 bridgehead atoms. The Balaban J connectivity index is 2.17. The van der Waals surface area contributed by atoms with Crippen LogP contribution in [0.4, 0.5) is 0 Å². The standard InChI is InChI=1S/C16H27NO3P/c1-5-19-21(18,20-6-2)13-14-7-8-16-12-17(3,4)10-9-15(16)11-14/h7-8,11H,5-6,9-10,12-13H2,1-4H3/q+1. The molecule has 0 unspecified atom stereocenters. The molecular weight excluding hydrogens is 285 g/mol. The lowest BCUT2D eigenvalue weighted by Crippen LogP contribution is -2.43. The van der Waals surface area contributed by atoms with Crippen molar-refractivity contribution in [3.8, 4) is 0 Å². The Morgan fingerprint density at radius 2 is 1.81 bits per heavy atom. The van der Waals surface area contributed by atoms with Gasteiger partial charge in [0.1, 0.15) is 6.54 Å². The molecule has 1 aromatic rings. The van der Waals surface area contributed by atoms with E-state index in [2.05, 4.69) is 32.3 Å². The summed E-state index contributed by atoms with van der Waals surface area (Å²) in [4.78, 5) is 0. The topological polar surface area (TPSA) is 35.5 Å². The lowest BCUT2D eigenvalue weighted by molar-refractivity contribution is -0.905. The zero-order valence-electron chi connectivity index (χ0n) is 13.6. The van der Waals surface area contributed by atoms with E-state index in [1.807, 2.05) is 13.8 Å². The molecule has 1 aliphatic rings. The Kier molecular flexibility index (Phi) is 5.26. The summed E-state index contributed by atoms with van der Waals surface area (Å²) in [6.07, 6.45) is 1.43. The number of hydrogen-bond acceptors (Lipinski definition) is 3. The molecule has 1 aromatic carbocycles. The molecule has 118 valence electrons. The molecule has 5 heteroatoms. The normalized spacial score (nSPS) is 17.5. The SMILES string of the molecule is CCOP(=O)(Cc1ccc2c(c1)CC[N+](C)(C)C2)OCC. The molecule has 0 aromatic heterocycles. The Morgan fingerprint density at radius 3 is 2.43 bits per heavy atom. The molecular formula is C16H27NO3P+. The molecule has 0 spiro atoms. The lowest BCUT2D eigenvalue weighted by Gasteiger charge is -2.35. The molecule has 0 N–H and O–H groups in total. The molecule has 4 nitrogen and oxygen atoms in total. The van der Waals surface area contributed by atoms with Gasteiger partial charge in [0.25, 0.3) is 0 Å². The van der Waals surface area contributed by atoms with Crippen molar-refractivity contribution in [1.82, 2.24) is 0 Å². The number of benzene rings is 1. The first-order chi connectivity index (χ1) is 9.87. The van der Waals surface area contributed by atoms with E-state index in [1.165, 1.54) is 11.1 Å². The van der Waals surface area contributed by atoms with E-state index in [4.69, 9.17) is 9.05 Å². The molecule has 0 saturated carbocycles. The molecule has 1 heterocycles. The highest BCUT2D eigenvalue weighted by atomic mass is 31.2. The zero-order chi connectivity index (χ0) is 15.5. The van der Waals surface area contributed by atoms with Gasteiger partial charge in [0.15, 0.2) is 0 Å². The van der Waals surface area contributed by atoms with Crippen LogP contribution in [0.5, 0.6) is 0 Å². The van der Waals surface area contributed by atoms with E-state index >= 15 is 0 Å². The van der Waals surface area contributed by atoms with Gasteiger partial charge in [0, 0.05) is 12.0 Å². The molecule has 0 aliphatic carbocycles. The predicted molar refractivity (Wildman–Crippen MR) is 85.4 cm³/mol. The first-order valence-corrected chi connectivity index (χ1v) is 9.41. The van der Waals surface area contributed by atoms with Gasteiger partial charge in [-0.15, -0.1) is 0 Å². The Morgan fingerprint density at radius 1 is 1.14 bits per heavy atom. The number of hydrogen-bond donors (Lipinski definition) is 0. The minimum atomic E-state index is -3.01. The molecule has 21 heavy (non-hydrogen) atoms. The number of rotatable bonds is 6. The van der Waals surface area contributed by atoms with Crippen molar-refractivity contribution in [2.45, 2.75) is 33.0 Å². The highest BCUT2D eigenvalue weighted by Crippen LogP contribution is 2.51. The van der Waals surface area contributed by atoms with Gasteiger partial charge in [0.2, 0.25) is 0 Å². The minimum absolute atomic E-state index is 0.361. The van der Waals surface area contributed by atoms with Gasteiger partial charge in [-0.25, -0.2) is 0 Å². The summed E-state index contributed by atoms with van der Waals surface area (Å²) < 4.78 is 24.4. The predicted octanol–water partition coefficient (Wildman–Crippen LogP) is 3.59. The fourth-order valence-electron chi connectivity index (χ4n) is 2.87. The van der Waals surface area contributed by atoms with E-state index in [0.717, 1.165) is 29.6 Å². The van der Waals surface area contributed by atoms with Crippen LogP contribution in [0.2, 0.25) is 0 Å². The average molecular weight is 312 g/mol. The largest absolute Gasteiger partial charge is 0.335 e. The molecule has 2 rings (SSSR count). The highest BCUT2D eigenvalue weighted by Gasteiger charge is 2.27. The van der Waals surface area contributed by atoms with Crippen molar-refractivity contribution in [3.05, 3.63) is 34.9 Å². The van der Waals surface area contributed by atoms with Crippen LogP contribution in [0.1, 0.15) is 30.5 Å². The number of fused-ring (bicyclic) bond motifs is 1. The first-order valence-electron chi connectivity index (χ1n) is 7.68. The molecule has 1 aliphatic heterocycles. The van der Waals surface area contributed by atoms with Crippen LogP contribution < -0.4 is 0 Å². The Labute approximate surface area is 128 Å². The van der Waals surface area contributed by atoms with Crippen LogP contribution >= 0.6 is 7.60 Å². The Hall–Kier alpha value is -0.670. The van der Waals surface area contributed by atoms with Crippen molar-refractivity contribution in [2.24, 2.45) is 0 Å². The van der Waals surface area contributed by atoms with Crippen LogP contribution in [0, 0.1) is 0 Å². The summed E-state index contributed by atoms with van der Waals surface area (Å²) in [6, 6.07) is 6.42. The summed E-state index contributed by atoms with van der Waals surface area (Å²) in [7, 11) is 1.51. The minimum Gasteiger partial charge on any atom is -0.324 e. The quantitative estimate of drug-likeness (QED) is 0.595. The molecule has 0 saturated heterocycles.